The van der Waals surface area contributed by atoms with E-state index in [1.165, 1.54) is 49.6 Å². The highest BCUT2D eigenvalue weighted by molar-refractivity contribution is 6.11. The summed E-state index contributed by atoms with van der Waals surface area (Å²) in [5.41, 5.74) is 18.1. The van der Waals surface area contributed by atoms with E-state index < -0.39 is 0 Å². The molecule has 0 saturated heterocycles. The fraction of sp³-hybridized carbons (Fsp3) is 0.0189. The Kier molecular flexibility index (Phi) is 7.56. The largest absolute Gasteiger partial charge is 0.309 e. The van der Waals surface area contributed by atoms with Crippen molar-refractivity contribution in [1.29, 1.82) is 0 Å². The van der Waals surface area contributed by atoms with Gasteiger partial charge >= 0.3 is 0 Å². The summed E-state index contributed by atoms with van der Waals surface area (Å²) in [5.74, 6) is 0.0379. The molecule has 3 aromatic heterocycles. The Bertz CT molecular complexity index is 2940. The molecule has 0 spiro atoms. The van der Waals surface area contributed by atoms with Gasteiger partial charge in [0, 0.05) is 38.9 Å². The number of hydrogen-bond donors (Lipinski definition) is 0. The molecule has 0 N–H and O–H groups in total. The summed E-state index contributed by atoms with van der Waals surface area (Å²) < 4.78 is 2.44. The van der Waals surface area contributed by atoms with Crippen molar-refractivity contribution in [2.45, 2.75) is 5.92 Å². The molecule has 1 atom stereocenters. The van der Waals surface area contributed by atoms with E-state index in [0.29, 0.717) is 0 Å². The lowest BCUT2D eigenvalue weighted by Gasteiger charge is -2.18. The van der Waals surface area contributed by atoms with Crippen molar-refractivity contribution in [2.75, 3.05) is 0 Å². The first-order chi connectivity index (χ1) is 27.8. The standard InChI is InChI=1S/C53H35N3/c1-5-17-35(18-6-1)47-29-39(30-48(54-47)36-19-7-2-8-20-36)53-43-27-14-13-25-41(43)44-34-52-45(33-46(44)53)42-26-15-16-28-51(42)56(52)40-31-49(37-21-9-3-10-22-37)55-50(32-40)38-23-11-4-12-24-38/h1-34,53H. The molecule has 7 aromatic carbocycles. The first kappa shape index (κ1) is 32.1. The molecule has 3 heteroatoms. The van der Waals surface area contributed by atoms with E-state index in [2.05, 4.69) is 211 Å². The third-order valence-electron chi connectivity index (χ3n) is 11.2. The van der Waals surface area contributed by atoms with Crippen LogP contribution < -0.4 is 0 Å². The Labute approximate surface area is 325 Å². The number of aromatic nitrogens is 3. The molecular weight excluding hydrogens is 679 g/mol. The molecule has 11 rings (SSSR count). The maximum absolute atomic E-state index is 5.23. The fourth-order valence-corrected chi connectivity index (χ4v) is 8.69. The van der Waals surface area contributed by atoms with Gasteiger partial charge in [0.25, 0.3) is 0 Å². The van der Waals surface area contributed by atoms with Crippen LogP contribution in [-0.4, -0.2) is 14.5 Å². The Morgan fingerprint density at radius 1 is 0.339 bits per heavy atom. The maximum Gasteiger partial charge on any atom is 0.0730 e. The number of pyridine rings is 2. The van der Waals surface area contributed by atoms with Gasteiger partial charge in [-0.25, -0.2) is 9.97 Å². The topological polar surface area (TPSA) is 30.7 Å². The Hall–Kier alpha value is -7.36. The van der Waals surface area contributed by atoms with Crippen molar-refractivity contribution in [1.82, 2.24) is 14.5 Å². The zero-order valence-corrected chi connectivity index (χ0v) is 30.5. The summed E-state index contributed by atoms with van der Waals surface area (Å²) in [6.07, 6.45) is 0. The van der Waals surface area contributed by atoms with Gasteiger partial charge in [0.2, 0.25) is 0 Å². The lowest BCUT2D eigenvalue weighted by molar-refractivity contribution is 1.01. The number of benzene rings is 7. The van der Waals surface area contributed by atoms with Crippen LogP contribution in [0.5, 0.6) is 0 Å². The second kappa shape index (κ2) is 13.2. The number of fused-ring (bicyclic) bond motifs is 6. The number of hydrogen-bond acceptors (Lipinski definition) is 2. The Morgan fingerprint density at radius 2 is 0.804 bits per heavy atom. The average Bonchev–Trinajstić information content (AvgIpc) is 3.78. The van der Waals surface area contributed by atoms with Crippen molar-refractivity contribution in [3.05, 3.63) is 223 Å². The predicted octanol–water partition coefficient (Wildman–Crippen LogP) is 13.4. The molecule has 3 nitrogen and oxygen atoms in total. The van der Waals surface area contributed by atoms with Gasteiger partial charge in [-0.1, -0.05) is 164 Å². The predicted molar refractivity (Wildman–Crippen MR) is 231 cm³/mol. The van der Waals surface area contributed by atoms with Crippen LogP contribution in [0.4, 0.5) is 0 Å². The van der Waals surface area contributed by atoms with Crippen LogP contribution in [0.1, 0.15) is 22.6 Å². The van der Waals surface area contributed by atoms with Crippen LogP contribution in [0, 0.1) is 0 Å². The van der Waals surface area contributed by atoms with E-state index in [9.17, 15) is 0 Å². The van der Waals surface area contributed by atoms with Gasteiger partial charge in [0.05, 0.1) is 39.5 Å². The Balaban J connectivity index is 1.17. The normalized spacial score (nSPS) is 13.2. The van der Waals surface area contributed by atoms with Crippen molar-refractivity contribution >= 4 is 21.8 Å². The van der Waals surface area contributed by atoms with Crippen LogP contribution in [0.3, 0.4) is 0 Å². The maximum atomic E-state index is 5.23. The summed E-state index contributed by atoms with van der Waals surface area (Å²) in [6.45, 7) is 0. The van der Waals surface area contributed by atoms with Gasteiger partial charge in [-0.3, -0.25) is 0 Å². The van der Waals surface area contributed by atoms with Gasteiger partial charge in [-0.05, 0) is 70.3 Å². The van der Waals surface area contributed by atoms with Gasteiger partial charge < -0.3 is 4.57 Å². The van der Waals surface area contributed by atoms with Crippen LogP contribution in [0.25, 0.3) is 83.6 Å². The zero-order chi connectivity index (χ0) is 37.0. The molecule has 1 unspecified atom stereocenters. The summed E-state index contributed by atoms with van der Waals surface area (Å²) in [7, 11) is 0. The quantitative estimate of drug-likeness (QED) is 0.172. The molecule has 0 amide bonds. The Morgan fingerprint density at radius 3 is 1.36 bits per heavy atom. The van der Waals surface area contributed by atoms with E-state index >= 15 is 0 Å². The van der Waals surface area contributed by atoms with Gasteiger partial charge in [-0.2, -0.15) is 0 Å². The molecule has 56 heavy (non-hydrogen) atoms. The monoisotopic (exact) mass is 713 g/mol. The second-order valence-corrected chi connectivity index (χ2v) is 14.6. The minimum atomic E-state index is 0.0379. The third-order valence-corrected chi connectivity index (χ3v) is 11.2. The minimum absolute atomic E-state index is 0.0379. The fourth-order valence-electron chi connectivity index (χ4n) is 8.69. The first-order valence-electron chi connectivity index (χ1n) is 19.2. The molecule has 262 valence electrons. The molecule has 0 aliphatic heterocycles. The highest BCUT2D eigenvalue weighted by Crippen LogP contribution is 2.51. The highest BCUT2D eigenvalue weighted by Gasteiger charge is 2.32. The van der Waals surface area contributed by atoms with Crippen LogP contribution in [0.2, 0.25) is 0 Å². The second-order valence-electron chi connectivity index (χ2n) is 14.6. The molecule has 0 bridgehead atoms. The lowest BCUT2D eigenvalue weighted by Crippen LogP contribution is -2.02. The smallest absolute Gasteiger partial charge is 0.0730 e. The molecule has 0 saturated carbocycles. The van der Waals surface area contributed by atoms with Crippen molar-refractivity contribution in [3.8, 4) is 61.8 Å². The van der Waals surface area contributed by atoms with Crippen molar-refractivity contribution in [2.24, 2.45) is 0 Å². The van der Waals surface area contributed by atoms with Crippen LogP contribution in [0.15, 0.2) is 206 Å². The minimum Gasteiger partial charge on any atom is -0.309 e. The summed E-state index contributed by atoms with van der Waals surface area (Å²) in [6, 6.07) is 73.9. The molecule has 1 aliphatic rings. The highest BCUT2D eigenvalue weighted by atomic mass is 15.0. The lowest BCUT2D eigenvalue weighted by atomic mass is 9.87. The molecular formula is C53H35N3. The SMILES string of the molecule is c1ccc(-c2cc(C3c4ccccc4-c4cc5c(cc43)c3ccccc3n5-c3cc(-c4ccccc4)nc(-c4ccccc4)c3)cc(-c3ccccc3)n2)cc1. The van der Waals surface area contributed by atoms with Crippen LogP contribution in [-0.2, 0) is 0 Å². The summed E-state index contributed by atoms with van der Waals surface area (Å²) in [4.78, 5) is 10.4. The van der Waals surface area contributed by atoms with Gasteiger partial charge in [0.15, 0.2) is 0 Å². The van der Waals surface area contributed by atoms with E-state index in [4.69, 9.17) is 9.97 Å². The van der Waals surface area contributed by atoms with Crippen molar-refractivity contribution in [3.63, 3.8) is 0 Å². The summed E-state index contributed by atoms with van der Waals surface area (Å²) >= 11 is 0. The molecule has 0 radical (unpaired) electrons. The van der Waals surface area contributed by atoms with E-state index in [-0.39, 0.29) is 5.92 Å². The van der Waals surface area contributed by atoms with E-state index in [1.807, 2.05) is 0 Å². The summed E-state index contributed by atoms with van der Waals surface area (Å²) in [5, 5.41) is 2.46. The van der Waals surface area contributed by atoms with E-state index in [1.54, 1.807) is 0 Å². The zero-order valence-electron chi connectivity index (χ0n) is 30.5. The van der Waals surface area contributed by atoms with Gasteiger partial charge in [0.1, 0.15) is 0 Å². The molecule has 1 aliphatic carbocycles. The number of nitrogens with zero attached hydrogens (tertiary/aromatic N) is 3. The molecule has 3 heterocycles. The number of rotatable bonds is 6. The average molecular weight is 714 g/mol. The van der Waals surface area contributed by atoms with Crippen LogP contribution >= 0.6 is 0 Å². The third kappa shape index (κ3) is 5.36. The van der Waals surface area contributed by atoms with Crippen molar-refractivity contribution < 1.29 is 0 Å². The molecule has 0 fully saturated rings. The number of para-hydroxylation sites is 1. The molecule has 10 aromatic rings. The first-order valence-corrected chi connectivity index (χ1v) is 19.2. The van der Waals surface area contributed by atoms with Gasteiger partial charge in [-0.15, -0.1) is 0 Å². The van der Waals surface area contributed by atoms with E-state index in [0.717, 1.165) is 50.7 Å².